The predicted molar refractivity (Wildman–Crippen MR) is 258 cm³/mol. The Kier molecular flexibility index (Phi) is 16.8. The van der Waals surface area contributed by atoms with Crippen LogP contribution in [0.2, 0.25) is 0 Å². The van der Waals surface area contributed by atoms with Crippen LogP contribution in [0, 0.1) is 50.2 Å². The third kappa shape index (κ3) is 9.56. The molecule has 0 bridgehead atoms. The van der Waals surface area contributed by atoms with E-state index in [2.05, 4.69) is 40.7 Å². The summed E-state index contributed by atoms with van der Waals surface area (Å²) in [6, 6.07) is 0. The number of aliphatic hydroxyl groups excluding tert-OH is 14. The third-order valence-corrected chi connectivity index (χ3v) is 21.2. The molecule has 23 heteroatoms. The lowest BCUT2D eigenvalue weighted by molar-refractivity contribution is -0.371. The zero-order chi connectivity index (χ0) is 55.4. The summed E-state index contributed by atoms with van der Waals surface area (Å²) < 4.78 is 47.4. The Bertz CT molecular complexity index is 2080. The summed E-state index contributed by atoms with van der Waals surface area (Å²) in [5.41, 5.74) is -1.92. The molecule has 5 aliphatic carbocycles. The van der Waals surface area contributed by atoms with Gasteiger partial charge in [0.05, 0.1) is 44.6 Å². The lowest BCUT2D eigenvalue weighted by Crippen LogP contribution is -2.67. The smallest absolute Gasteiger partial charge is 0.315 e. The van der Waals surface area contributed by atoms with E-state index < -0.39 is 165 Å². The number of carbonyl (C=O) groups is 1. The van der Waals surface area contributed by atoms with Crippen LogP contribution in [0.15, 0.2) is 11.6 Å². The summed E-state index contributed by atoms with van der Waals surface area (Å²) >= 11 is 0. The number of allylic oxidation sites excluding steroid dienone is 2. The molecule has 9 rings (SSSR count). The standard InChI is InChI=1S/C53H86O23/c1-48(2)13-15-53(47(68)76-45-41(67)37(63)35(61)28(73-45)21-70-43-40(66)36(62)33(59)26(18-54)71-43)16-14-51(5)23(24(53)17-48)7-8-30-49(3)11-10-31(50(4,22-56)29(49)9-12-52(30,51)6)74-46-42(38(64)34(60)27(19-55)72-46)75-44-39(65)32(58)25(57)20-69-44/h7,24-46,54-67H,8-22H2,1-6H3/t24-,25-,26+,27+,28+,29+,30+,31-,32-,33+,34+,35+,36-,37-,38-,39+,40+,41+,42+,43+,44-,45-,46-,49-,50-,51+,52+,53-/m0/s1. The second kappa shape index (κ2) is 21.6. The maximum Gasteiger partial charge on any atom is 0.315 e. The van der Waals surface area contributed by atoms with E-state index in [1.807, 2.05) is 6.92 Å². The second-order valence-corrected chi connectivity index (χ2v) is 25.7. The van der Waals surface area contributed by atoms with Gasteiger partial charge in [0.1, 0.15) is 91.6 Å². The van der Waals surface area contributed by atoms with Crippen molar-refractivity contribution in [2.45, 2.75) is 229 Å². The van der Waals surface area contributed by atoms with Gasteiger partial charge in [0.15, 0.2) is 18.9 Å². The zero-order valence-corrected chi connectivity index (χ0v) is 44.4. The first kappa shape index (κ1) is 59.0. The van der Waals surface area contributed by atoms with Crippen LogP contribution in [-0.4, -0.2) is 233 Å². The fraction of sp³-hybridized carbons (Fsp3) is 0.943. The summed E-state index contributed by atoms with van der Waals surface area (Å²) in [6.07, 6.45) is -22.5. The first-order chi connectivity index (χ1) is 35.7. The van der Waals surface area contributed by atoms with Gasteiger partial charge in [0, 0.05) is 5.41 Å². The number of aliphatic hydroxyl groups is 14. The van der Waals surface area contributed by atoms with E-state index in [-0.39, 0.29) is 47.2 Å². The highest BCUT2D eigenvalue weighted by atomic mass is 16.8. The largest absolute Gasteiger partial charge is 0.432 e. The molecular weight excluding hydrogens is 1000 g/mol. The van der Waals surface area contributed by atoms with E-state index in [1.165, 1.54) is 5.57 Å². The molecule has 0 aromatic heterocycles. The lowest BCUT2D eigenvalue weighted by atomic mass is 9.33. The van der Waals surface area contributed by atoms with Crippen molar-refractivity contribution in [2.75, 3.05) is 33.0 Å². The number of fused-ring (bicyclic) bond motifs is 7. The molecule has 0 aromatic carbocycles. The monoisotopic (exact) mass is 1090 g/mol. The van der Waals surface area contributed by atoms with Gasteiger partial charge in [-0.15, -0.1) is 0 Å². The number of rotatable bonds is 12. The van der Waals surface area contributed by atoms with Crippen molar-refractivity contribution in [3.8, 4) is 0 Å². The molecule has 28 atom stereocenters. The predicted octanol–water partition coefficient (Wildman–Crippen LogP) is -2.42. The highest BCUT2D eigenvalue weighted by Gasteiger charge is 2.71. The summed E-state index contributed by atoms with van der Waals surface area (Å²) in [4.78, 5) is 15.1. The Balaban J connectivity index is 0.940. The van der Waals surface area contributed by atoms with Gasteiger partial charge < -0.3 is 109 Å². The van der Waals surface area contributed by atoms with Gasteiger partial charge in [0.2, 0.25) is 6.29 Å². The Morgan fingerprint density at radius 3 is 1.86 bits per heavy atom. The second-order valence-electron chi connectivity index (χ2n) is 25.7. The molecule has 14 N–H and O–H groups in total. The normalized spacial score (nSPS) is 54.3. The summed E-state index contributed by atoms with van der Waals surface area (Å²) in [7, 11) is 0. The van der Waals surface area contributed by atoms with Crippen LogP contribution in [0.3, 0.4) is 0 Å². The summed E-state index contributed by atoms with van der Waals surface area (Å²) in [5.74, 6) is -0.852. The molecule has 8 fully saturated rings. The van der Waals surface area contributed by atoms with E-state index in [0.717, 1.165) is 6.42 Å². The molecule has 436 valence electrons. The van der Waals surface area contributed by atoms with Gasteiger partial charge in [-0.05, 0) is 104 Å². The van der Waals surface area contributed by atoms with Gasteiger partial charge in [-0.25, -0.2) is 0 Å². The quantitative estimate of drug-likeness (QED) is 0.0549. The van der Waals surface area contributed by atoms with Crippen LogP contribution in [0.25, 0.3) is 0 Å². The molecule has 4 aliphatic heterocycles. The molecule has 0 radical (unpaired) electrons. The number of ether oxygens (including phenoxy) is 8. The minimum atomic E-state index is -1.85. The molecule has 0 spiro atoms. The molecule has 4 saturated carbocycles. The summed E-state index contributed by atoms with van der Waals surface area (Å²) in [5, 5.41) is 149. The van der Waals surface area contributed by atoms with Crippen molar-refractivity contribution in [1.29, 1.82) is 0 Å². The number of carbonyl (C=O) groups excluding carboxylic acids is 1. The zero-order valence-electron chi connectivity index (χ0n) is 44.4. The molecule has 0 aromatic rings. The van der Waals surface area contributed by atoms with Crippen LogP contribution in [0.5, 0.6) is 0 Å². The Morgan fingerprint density at radius 2 is 1.20 bits per heavy atom. The van der Waals surface area contributed by atoms with E-state index in [4.69, 9.17) is 37.9 Å². The van der Waals surface area contributed by atoms with Crippen LogP contribution in [0.1, 0.15) is 106 Å². The van der Waals surface area contributed by atoms with Crippen molar-refractivity contribution in [2.24, 2.45) is 50.2 Å². The first-order valence-electron chi connectivity index (χ1n) is 27.4. The van der Waals surface area contributed by atoms with E-state index in [0.29, 0.717) is 57.8 Å². The van der Waals surface area contributed by atoms with Crippen LogP contribution >= 0.6 is 0 Å². The van der Waals surface area contributed by atoms with Crippen molar-refractivity contribution in [3.63, 3.8) is 0 Å². The highest BCUT2D eigenvalue weighted by molar-refractivity contribution is 5.79. The maximum absolute atomic E-state index is 15.1. The van der Waals surface area contributed by atoms with E-state index in [9.17, 15) is 71.5 Å². The van der Waals surface area contributed by atoms with Crippen molar-refractivity contribution in [1.82, 2.24) is 0 Å². The molecule has 0 amide bonds. The van der Waals surface area contributed by atoms with Crippen LogP contribution in [0.4, 0.5) is 0 Å². The number of hydrogen-bond acceptors (Lipinski definition) is 23. The van der Waals surface area contributed by atoms with Crippen LogP contribution < -0.4 is 0 Å². The minimum Gasteiger partial charge on any atom is -0.432 e. The third-order valence-electron chi connectivity index (χ3n) is 21.2. The topological polar surface area (TPSA) is 374 Å². The molecular formula is C53H86O23. The van der Waals surface area contributed by atoms with Gasteiger partial charge in [-0.1, -0.05) is 53.2 Å². The van der Waals surface area contributed by atoms with Gasteiger partial charge >= 0.3 is 5.97 Å². The van der Waals surface area contributed by atoms with Crippen molar-refractivity contribution >= 4 is 5.97 Å². The lowest BCUT2D eigenvalue weighted by Gasteiger charge is -2.71. The summed E-state index contributed by atoms with van der Waals surface area (Å²) in [6.45, 7) is 10.8. The first-order valence-corrected chi connectivity index (χ1v) is 27.4. The van der Waals surface area contributed by atoms with E-state index in [1.54, 1.807) is 0 Å². The SMILES string of the molecule is CC1(C)CC[C@]2(C(=O)O[C@@H]3O[C@H](CO[C@@H]4O[C@H](CO)[C@@H](O)[C@H](O)[C@H]4O)[C@@H](O)[C@H](O)[C@H]3O)CC[C@]3(C)C(=CC[C@@H]4[C@@]5(C)CC[C@H](O[C@@H]6O[C@H](CO)[C@@H](O)[C@H](O)[C@H]6O[C@@H]6OC[C@H](O)[C@H](O)[C@H]6O)[C@@](C)(CO)[C@@H]5CC[C@]43C)[C@@H]2C1. The Hall–Kier alpha value is -1.63. The number of esters is 1. The van der Waals surface area contributed by atoms with Gasteiger partial charge in [-0.3, -0.25) is 4.79 Å². The molecule has 9 aliphatic rings. The van der Waals surface area contributed by atoms with E-state index >= 15 is 4.79 Å². The van der Waals surface area contributed by atoms with Crippen LogP contribution in [-0.2, 0) is 42.7 Å². The minimum absolute atomic E-state index is 0.0962. The Labute approximate surface area is 442 Å². The fourth-order valence-electron chi connectivity index (χ4n) is 16.1. The van der Waals surface area contributed by atoms with Gasteiger partial charge in [0.25, 0.3) is 0 Å². The maximum atomic E-state index is 15.1. The molecule has 4 saturated heterocycles. The molecule has 76 heavy (non-hydrogen) atoms. The fourth-order valence-corrected chi connectivity index (χ4v) is 16.1. The molecule has 23 nitrogen and oxygen atoms in total. The molecule has 4 heterocycles. The Morgan fingerprint density at radius 1 is 0.605 bits per heavy atom. The average Bonchev–Trinajstić information content (AvgIpc) is 3.39. The van der Waals surface area contributed by atoms with Crippen molar-refractivity contribution < 1.29 is 114 Å². The average molecular weight is 1090 g/mol. The highest BCUT2D eigenvalue weighted by Crippen LogP contribution is 2.76. The molecule has 0 unspecified atom stereocenters. The number of hydrogen-bond donors (Lipinski definition) is 14. The van der Waals surface area contributed by atoms with Crippen molar-refractivity contribution in [3.05, 3.63) is 11.6 Å². The van der Waals surface area contributed by atoms with Gasteiger partial charge in [-0.2, -0.15) is 0 Å².